The zero-order valence-electron chi connectivity index (χ0n) is 20.2. The first kappa shape index (κ1) is 25.8. The molecule has 2 N–H and O–H groups in total. The van der Waals surface area contributed by atoms with Crippen molar-refractivity contribution < 1.29 is 27.6 Å². The van der Waals surface area contributed by atoms with Gasteiger partial charge in [0.15, 0.2) is 22.0 Å². The summed E-state index contributed by atoms with van der Waals surface area (Å²) in [5.74, 6) is -0.397. The lowest BCUT2D eigenvalue weighted by molar-refractivity contribution is -0.129. The quantitative estimate of drug-likeness (QED) is 0.269. The number of hydrogen-bond donors (Lipinski definition) is 2. The van der Waals surface area contributed by atoms with Crippen molar-refractivity contribution in [3.8, 4) is 21.8 Å². The molecule has 0 bridgehead atoms. The van der Waals surface area contributed by atoms with Crippen molar-refractivity contribution in [3.63, 3.8) is 0 Å². The van der Waals surface area contributed by atoms with Gasteiger partial charge in [-0.15, -0.1) is 11.3 Å². The van der Waals surface area contributed by atoms with Crippen LogP contribution in [0, 0.1) is 0 Å². The average Bonchev–Trinajstić information content (AvgIpc) is 3.63. The fourth-order valence-electron chi connectivity index (χ4n) is 4.60. The van der Waals surface area contributed by atoms with Gasteiger partial charge in [0.05, 0.1) is 11.4 Å². The number of hydroxylamine groups is 1. The van der Waals surface area contributed by atoms with Crippen LogP contribution in [0.15, 0.2) is 83.7 Å². The number of thiophene rings is 1. The summed E-state index contributed by atoms with van der Waals surface area (Å²) in [6, 6.07) is 20.0. The Kier molecular flexibility index (Phi) is 7.41. The van der Waals surface area contributed by atoms with E-state index in [-0.39, 0.29) is 31.8 Å². The van der Waals surface area contributed by atoms with E-state index < -0.39 is 26.2 Å². The molecule has 0 saturated carbocycles. The molecule has 1 aliphatic rings. The molecule has 1 unspecified atom stereocenters. The molecular formula is C27H25N3O6S2. The topological polar surface area (TPSA) is 130 Å². The van der Waals surface area contributed by atoms with Gasteiger partial charge in [0.25, 0.3) is 5.91 Å². The lowest BCUT2D eigenvalue weighted by Gasteiger charge is -2.24. The number of oxazole rings is 1. The predicted molar refractivity (Wildman–Crippen MR) is 142 cm³/mol. The van der Waals surface area contributed by atoms with E-state index in [0.29, 0.717) is 16.2 Å². The van der Waals surface area contributed by atoms with Crippen molar-refractivity contribution in [2.75, 3.05) is 13.1 Å². The molecule has 1 saturated heterocycles. The molecule has 2 amide bonds. The van der Waals surface area contributed by atoms with Crippen LogP contribution in [0.3, 0.4) is 0 Å². The maximum absolute atomic E-state index is 13.8. The van der Waals surface area contributed by atoms with Crippen LogP contribution in [0.25, 0.3) is 21.8 Å². The average molecular weight is 552 g/mol. The maximum Gasteiger partial charge on any atom is 0.253 e. The minimum Gasteiger partial charge on any atom is -0.444 e. The van der Waals surface area contributed by atoms with Crippen LogP contribution < -0.4 is 5.48 Å². The molecule has 0 radical (unpaired) electrons. The molecule has 5 rings (SSSR count). The van der Waals surface area contributed by atoms with Crippen LogP contribution in [-0.4, -0.2) is 53.7 Å². The fraction of sp³-hybridized carbons (Fsp3) is 0.222. The number of hydrogen-bond acceptors (Lipinski definition) is 8. The normalized spacial score (nSPS) is 19.0. The first-order valence-electron chi connectivity index (χ1n) is 12.0. The second-order valence-electron chi connectivity index (χ2n) is 8.99. The summed E-state index contributed by atoms with van der Waals surface area (Å²) in [6.45, 7) is 0.145. The van der Waals surface area contributed by atoms with E-state index in [1.54, 1.807) is 47.5 Å². The molecule has 3 heterocycles. The number of nitrogens with zero attached hydrogens (tertiary/aromatic N) is 2. The Morgan fingerprint density at radius 1 is 1.05 bits per heavy atom. The third-order valence-electron chi connectivity index (χ3n) is 6.64. The number of nitrogens with one attached hydrogen (secondary N) is 1. The Balaban J connectivity index is 1.47. The van der Waals surface area contributed by atoms with Crippen LogP contribution in [0.5, 0.6) is 0 Å². The van der Waals surface area contributed by atoms with Crippen molar-refractivity contribution in [3.05, 3.63) is 89.8 Å². The molecule has 2 aromatic heterocycles. The highest BCUT2D eigenvalue weighted by molar-refractivity contribution is 7.92. The van der Waals surface area contributed by atoms with Gasteiger partial charge in [0.1, 0.15) is 5.25 Å². The Morgan fingerprint density at radius 2 is 1.79 bits per heavy atom. The highest BCUT2D eigenvalue weighted by Crippen LogP contribution is 2.39. The van der Waals surface area contributed by atoms with Gasteiger partial charge in [0.2, 0.25) is 5.91 Å². The van der Waals surface area contributed by atoms with E-state index in [0.717, 1.165) is 16.0 Å². The molecule has 0 spiro atoms. The number of sulfone groups is 1. The second kappa shape index (κ2) is 10.9. The molecule has 9 nitrogen and oxygen atoms in total. The van der Waals surface area contributed by atoms with Gasteiger partial charge in [-0.05, 0) is 36.2 Å². The fourth-order valence-corrected chi connectivity index (χ4v) is 8.21. The number of carbonyl (C=O) groups excluding carboxylic acids is 2. The summed E-state index contributed by atoms with van der Waals surface area (Å²) in [6.07, 6.45) is 2.70. The molecule has 4 aromatic rings. The van der Waals surface area contributed by atoms with Crippen LogP contribution in [0.4, 0.5) is 0 Å². The molecule has 2 atom stereocenters. The van der Waals surface area contributed by atoms with Gasteiger partial charge in [-0.3, -0.25) is 14.8 Å². The minimum atomic E-state index is -3.89. The SMILES string of the molecule is O=C(CC1CCN(C(=O)c2ccccc2)C[C@@H](c2ccc(-c3ccc(-c4cnco4)cc3)s2)S1(=O)=O)NO. The highest BCUT2D eigenvalue weighted by atomic mass is 32.2. The van der Waals surface area contributed by atoms with Crippen LogP contribution >= 0.6 is 11.3 Å². The molecule has 0 aliphatic carbocycles. The van der Waals surface area contributed by atoms with Crippen molar-refractivity contribution in [2.24, 2.45) is 0 Å². The number of benzene rings is 2. The number of aromatic nitrogens is 1. The molecular weight excluding hydrogens is 526 g/mol. The Morgan fingerprint density at radius 3 is 2.47 bits per heavy atom. The van der Waals surface area contributed by atoms with Gasteiger partial charge < -0.3 is 9.32 Å². The van der Waals surface area contributed by atoms with Crippen LogP contribution in [0.1, 0.15) is 33.3 Å². The summed E-state index contributed by atoms with van der Waals surface area (Å²) >= 11 is 1.34. The van der Waals surface area contributed by atoms with E-state index >= 15 is 0 Å². The predicted octanol–water partition coefficient (Wildman–Crippen LogP) is 4.34. The third kappa shape index (κ3) is 5.26. The summed E-state index contributed by atoms with van der Waals surface area (Å²) in [5, 5.41) is 6.97. The molecule has 38 heavy (non-hydrogen) atoms. The van der Waals surface area contributed by atoms with Gasteiger partial charge in [-0.1, -0.05) is 42.5 Å². The smallest absolute Gasteiger partial charge is 0.253 e. The van der Waals surface area contributed by atoms with E-state index in [9.17, 15) is 18.0 Å². The van der Waals surface area contributed by atoms with Crippen LogP contribution in [0.2, 0.25) is 0 Å². The number of amides is 2. The Bertz CT molecular complexity index is 1520. The van der Waals surface area contributed by atoms with Gasteiger partial charge in [-0.25, -0.2) is 18.9 Å². The van der Waals surface area contributed by atoms with E-state index in [4.69, 9.17) is 9.62 Å². The summed E-state index contributed by atoms with van der Waals surface area (Å²) < 4.78 is 32.9. The second-order valence-corrected chi connectivity index (χ2v) is 12.5. The molecule has 1 aliphatic heterocycles. The van der Waals surface area contributed by atoms with Crippen molar-refractivity contribution in [1.82, 2.24) is 15.4 Å². The number of rotatable bonds is 6. The Hall–Kier alpha value is -3.80. The standard InChI is InChI=1S/C27H25N3O6S2/c31-26(29-33)14-21-12-13-30(27(32)20-4-2-1-3-5-20)16-25(38(21,34)35)24-11-10-23(37-24)19-8-6-18(7-9-19)22-15-28-17-36-22/h1-11,15,17,21,25,33H,12-14,16H2,(H,29,31)/t21?,25-/m0/s1. The summed E-state index contributed by atoms with van der Waals surface area (Å²) in [4.78, 5) is 32.2. The third-order valence-corrected chi connectivity index (χ3v) is 10.6. The first-order chi connectivity index (χ1) is 18.4. The van der Waals surface area contributed by atoms with Gasteiger partial charge in [0, 0.05) is 40.4 Å². The molecule has 1 fully saturated rings. The largest absolute Gasteiger partial charge is 0.444 e. The summed E-state index contributed by atoms with van der Waals surface area (Å²) in [5.41, 5.74) is 3.78. The zero-order chi connectivity index (χ0) is 26.7. The zero-order valence-corrected chi connectivity index (χ0v) is 21.8. The molecule has 196 valence electrons. The van der Waals surface area contributed by atoms with Crippen LogP contribution in [-0.2, 0) is 14.6 Å². The maximum atomic E-state index is 13.8. The number of carbonyl (C=O) groups is 2. The first-order valence-corrected chi connectivity index (χ1v) is 14.4. The monoisotopic (exact) mass is 551 g/mol. The van der Waals surface area contributed by atoms with Gasteiger partial charge in [-0.2, -0.15) is 0 Å². The van der Waals surface area contributed by atoms with E-state index in [1.165, 1.54) is 23.2 Å². The lowest BCUT2D eigenvalue weighted by atomic mass is 10.1. The molecule has 2 aromatic carbocycles. The minimum absolute atomic E-state index is 0.0301. The Labute approximate surface area is 223 Å². The van der Waals surface area contributed by atoms with E-state index in [1.807, 2.05) is 30.3 Å². The lowest BCUT2D eigenvalue weighted by Crippen LogP contribution is -2.35. The van der Waals surface area contributed by atoms with Crippen molar-refractivity contribution >= 4 is 33.0 Å². The van der Waals surface area contributed by atoms with Crippen molar-refractivity contribution in [2.45, 2.75) is 23.3 Å². The van der Waals surface area contributed by atoms with Gasteiger partial charge >= 0.3 is 0 Å². The summed E-state index contributed by atoms with van der Waals surface area (Å²) in [7, 11) is -3.89. The van der Waals surface area contributed by atoms with E-state index in [2.05, 4.69) is 4.98 Å². The highest BCUT2D eigenvalue weighted by Gasteiger charge is 2.42. The van der Waals surface area contributed by atoms with Crippen molar-refractivity contribution in [1.29, 1.82) is 0 Å². The molecule has 11 heteroatoms.